The van der Waals surface area contributed by atoms with Crippen molar-refractivity contribution in [2.45, 2.75) is 24.8 Å². The molecule has 0 spiro atoms. The number of pyridine rings is 2. The third-order valence-electron chi connectivity index (χ3n) is 3.72. The molecule has 18 heavy (non-hydrogen) atoms. The molecule has 0 bridgehead atoms. The van der Waals surface area contributed by atoms with E-state index in [1.165, 1.54) is 11.3 Å². The van der Waals surface area contributed by atoms with Gasteiger partial charge in [0.25, 0.3) is 0 Å². The minimum atomic E-state index is 0.252. The van der Waals surface area contributed by atoms with Crippen molar-refractivity contribution in [3.63, 3.8) is 0 Å². The highest BCUT2D eigenvalue weighted by atomic mass is 14.9. The molecule has 0 aliphatic heterocycles. The Morgan fingerprint density at radius 1 is 1.17 bits per heavy atom. The van der Waals surface area contributed by atoms with Crippen molar-refractivity contribution >= 4 is 0 Å². The molecule has 2 aromatic heterocycles. The van der Waals surface area contributed by atoms with Crippen LogP contribution >= 0.6 is 0 Å². The van der Waals surface area contributed by atoms with Gasteiger partial charge in [0.2, 0.25) is 0 Å². The normalized spacial score (nSPS) is 19.5. The van der Waals surface area contributed by atoms with Crippen molar-refractivity contribution in [1.29, 1.82) is 0 Å². The molecule has 3 heteroatoms. The topological polar surface area (TPSA) is 37.8 Å². The summed E-state index contributed by atoms with van der Waals surface area (Å²) in [7, 11) is 2.00. The highest BCUT2D eigenvalue weighted by molar-refractivity contribution is 5.31. The van der Waals surface area contributed by atoms with Gasteiger partial charge in [0, 0.05) is 24.0 Å². The number of hydrogen-bond donors (Lipinski definition) is 1. The van der Waals surface area contributed by atoms with E-state index in [1.807, 2.05) is 37.6 Å². The van der Waals surface area contributed by atoms with Gasteiger partial charge in [0.15, 0.2) is 0 Å². The van der Waals surface area contributed by atoms with E-state index in [9.17, 15) is 0 Å². The van der Waals surface area contributed by atoms with Crippen molar-refractivity contribution < 1.29 is 0 Å². The number of hydrogen-bond acceptors (Lipinski definition) is 3. The van der Waals surface area contributed by atoms with Crippen molar-refractivity contribution in [2.24, 2.45) is 0 Å². The van der Waals surface area contributed by atoms with Crippen LogP contribution in [0.15, 0.2) is 42.7 Å². The highest BCUT2D eigenvalue weighted by Crippen LogP contribution is 2.39. The van der Waals surface area contributed by atoms with Crippen LogP contribution < -0.4 is 5.32 Å². The number of nitrogens with zero attached hydrogens (tertiary/aromatic N) is 2. The van der Waals surface area contributed by atoms with Crippen LogP contribution in [0.2, 0.25) is 0 Å². The first-order valence-electron chi connectivity index (χ1n) is 6.42. The fourth-order valence-corrected chi connectivity index (χ4v) is 2.88. The Labute approximate surface area is 107 Å². The first kappa shape index (κ1) is 11.4. The molecule has 3 rings (SSSR count). The minimum Gasteiger partial charge on any atom is -0.311 e. The van der Waals surface area contributed by atoms with Gasteiger partial charge in [-0.05, 0) is 43.7 Å². The quantitative estimate of drug-likeness (QED) is 0.894. The van der Waals surface area contributed by atoms with Gasteiger partial charge < -0.3 is 5.32 Å². The van der Waals surface area contributed by atoms with E-state index in [0.717, 1.165) is 18.5 Å². The number of likely N-dealkylation sites (N-methyl/N-ethyl adjacent to an activating group) is 1. The Balaban J connectivity index is 1.95. The van der Waals surface area contributed by atoms with Crippen molar-refractivity contribution in [3.8, 4) is 0 Å². The van der Waals surface area contributed by atoms with E-state index in [-0.39, 0.29) is 6.04 Å². The SMILES string of the molecule is CNC(c1ccccn1)C1CCc2cccnc21. The third-order valence-corrected chi connectivity index (χ3v) is 3.72. The van der Waals surface area contributed by atoms with E-state index in [0.29, 0.717) is 5.92 Å². The smallest absolute Gasteiger partial charge is 0.0579 e. The highest BCUT2D eigenvalue weighted by Gasteiger charge is 2.31. The Morgan fingerprint density at radius 3 is 2.83 bits per heavy atom. The van der Waals surface area contributed by atoms with Crippen LogP contribution in [-0.4, -0.2) is 17.0 Å². The maximum absolute atomic E-state index is 4.57. The van der Waals surface area contributed by atoms with E-state index >= 15 is 0 Å². The van der Waals surface area contributed by atoms with E-state index in [4.69, 9.17) is 0 Å². The van der Waals surface area contributed by atoms with Gasteiger partial charge in [-0.2, -0.15) is 0 Å². The summed E-state index contributed by atoms with van der Waals surface area (Å²) in [6.07, 6.45) is 6.02. The molecule has 0 saturated carbocycles. The largest absolute Gasteiger partial charge is 0.311 e. The molecule has 0 aromatic carbocycles. The van der Waals surface area contributed by atoms with Crippen LogP contribution in [0.4, 0.5) is 0 Å². The number of rotatable bonds is 3. The molecule has 0 saturated heterocycles. The standard InChI is InChI=1S/C15H17N3/c1-16-15(13-6-2-3-9-17-13)12-8-7-11-5-4-10-18-14(11)12/h2-6,9-10,12,15-16H,7-8H2,1H3. The maximum Gasteiger partial charge on any atom is 0.0579 e. The lowest BCUT2D eigenvalue weighted by atomic mass is 9.94. The Kier molecular flexibility index (Phi) is 3.07. The Morgan fingerprint density at radius 2 is 2.06 bits per heavy atom. The summed E-state index contributed by atoms with van der Waals surface area (Å²) in [5, 5.41) is 3.40. The summed E-state index contributed by atoms with van der Waals surface area (Å²) in [5.74, 6) is 0.432. The maximum atomic E-state index is 4.57. The molecule has 1 aliphatic carbocycles. The summed E-state index contributed by atoms with van der Waals surface area (Å²) in [6, 6.07) is 10.5. The lowest BCUT2D eigenvalue weighted by molar-refractivity contribution is 0.460. The van der Waals surface area contributed by atoms with E-state index in [2.05, 4.69) is 27.4 Å². The van der Waals surface area contributed by atoms with Gasteiger partial charge >= 0.3 is 0 Å². The lowest BCUT2D eigenvalue weighted by Gasteiger charge is -2.22. The zero-order chi connectivity index (χ0) is 12.4. The molecule has 92 valence electrons. The summed E-state index contributed by atoms with van der Waals surface area (Å²) < 4.78 is 0. The average Bonchev–Trinajstić information content (AvgIpc) is 2.85. The second-order valence-corrected chi connectivity index (χ2v) is 4.71. The Hall–Kier alpha value is -1.74. The number of aromatic nitrogens is 2. The lowest BCUT2D eigenvalue weighted by Crippen LogP contribution is -2.24. The van der Waals surface area contributed by atoms with Crippen molar-refractivity contribution in [3.05, 3.63) is 59.7 Å². The fourth-order valence-electron chi connectivity index (χ4n) is 2.88. The van der Waals surface area contributed by atoms with Gasteiger partial charge in [-0.1, -0.05) is 12.1 Å². The molecule has 1 aliphatic rings. The first-order chi connectivity index (χ1) is 8.90. The summed E-state index contributed by atoms with van der Waals surface area (Å²) >= 11 is 0. The second kappa shape index (κ2) is 4.86. The molecular formula is C15H17N3. The molecule has 1 N–H and O–H groups in total. The van der Waals surface area contributed by atoms with Crippen molar-refractivity contribution in [1.82, 2.24) is 15.3 Å². The van der Waals surface area contributed by atoms with Gasteiger partial charge in [-0.3, -0.25) is 9.97 Å². The van der Waals surface area contributed by atoms with Gasteiger partial charge in [0.05, 0.1) is 11.7 Å². The van der Waals surface area contributed by atoms with Crippen molar-refractivity contribution in [2.75, 3.05) is 7.05 Å². The molecule has 2 aromatic rings. The molecule has 3 nitrogen and oxygen atoms in total. The molecule has 0 fully saturated rings. The van der Waals surface area contributed by atoms with Crippen LogP contribution in [0, 0.1) is 0 Å². The summed E-state index contributed by atoms with van der Waals surface area (Å²) in [5.41, 5.74) is 3.73. The molecule has 2 atom stereocenters. The molecule has 2 unspecified atom stereocenters. The predicted octanol–water partition coefficient (Wildman–Crippen LogP) is 2.47. The molecule has 0 radical (unpaired) electrons. The fraction of sp³-hybridized carbons (Fsp3) is 0.333. The average molecular weight is 239 g/mol. The zero-order valence-electron chi connectivity index (χ0n) is 10.5. The van der Waals surface area contributed by atoms with Crippen LogP contribution in [0.1, 0.15) is 35.3 Å². The van der Waals surface area contributed by atoms with Crippen LogP contribution in [-0.2, 0) is 6.42 Å². The number of aryl methyl sites for hydroxylation is 1. The van der Waals surface area contributed by atoms with Gasteiger partial charge in [-0.15, -0.1) is 0 Å². The van der Waals surface area contributed by atoms with Gasteiger partial charge in [0.1, 0.15) is 0 Å². The van der Waals surface area contributed by atoms with Crippen LogP contribution in [0.25, 0.3) is 0 Å². The monoisotopic (exact) mass is 239 g/mol. The predicted molar refractivity (Wildman–Crippen MR) is 71.3 cm³/mol. The van der Waals surface area contributed by atoms with Gasteiger partial charge in [-0.25, -0.2) is 0 Å². The van der Waals surface area contributed by atoms with Crippen LogP contribution in [0.5, 0.6) is 0 Å². The number of fused-ring (bicyclic) bond motifs is 1. The second-order valence-electron chi connectivity index (χ2n) is 4.71. The third kappa shape index (κ3) is 1.91. The van der Waals surface area contributed by atoms with E-state index in [1.54, 1.807) is 0 Å². The number of nitrogens with one attached hydrogen (secondary N) is 1. The summed E-state index contributed by atoms with van der Waals surface area (Å²) in [4.78, 5) is 9.04. The first-order valence-corrected chi connectivity index (χ1v) is 6.42. The molecule has 2 heterocycles. The zero-order valence-corrected chi connectivity index (χ0v) is 10.5. The van der Waals surface area contributed by atoms with E-state index < -0.39 is 0 Å². The molecule has 0 amide bonds. The minimum absolute atomic E-state index is 0.252. The van der Waals surface area contributed by atoms with Crippen LogP contribution in [0.3, 0.4) is 0 Å². The molecular weight excluding hydrogens is 222 g/mol. The summed E-state index contributed by atoms with van der Waals surface area (Å²) in [6.45, 7) is 0. The Bertz CT molecular complexity index is 524.